The van der Waals surface area contributed by atoms with Crippen molar-refractivity contribution in [3.63, 3.8) is 0 Å². The molecule has 2 amide bonds. The molecule has 0 heterocycles. The van der Waals surface area contributed by atoms with Gasteiger partial charge in [-0.25, -0.2) is 8.78 Å². The SMILES string of the molecule is CCc1ccc2c(c1)C(NC[C@@H](O)[C@H](Cc1cc(F)cc(F)c1)NC(=O)CCC(=O)N(C)C)CCC2. The number of hydrogen-bond donors (Lipinski definition) is 3. The number of carbonyl (C=O) groups is 2. The first-order chi connectivity index (χ1) is 17.2. The van der Waals surface area contributed by atoms with E-state index in [1.807, 2.05) is 0 Å². The highest BCUT2D eigenvalue weighted by Crippen LogP contribution is 2.30. The van der Waals surface area contributed by atoms with Crippen LogP contribution in [0.15, 0.2) is 36.4 Å². The van der Waals surface area contributed by atoms with E-state index in [1.165, 1.54) is 33.7 Å². The number of aliphatic hydroxyl groups is 1. The van der Waals surface area contributed by atoms with Gasteiger partial charge in [0.1, 0.15) is 11.6 Å². The molecule has 0 saturated carbocycles. The number of nitrogens with zero attached hydrogens (tertiary/aromatic N) is 1. The summed E-state index contributed by atoms with van der Waals surface area (Å²) in [7, 11) is 3.23. The Morgan fingerprint density at radius 2 is 1.81 bits per heavy atom. The van der Waals surface area contributed by atoms with Gasteiger partial charge in [0.25, 0.3) is 0 Å². The van der Waals surface area contributed by atoms with E-state index in [0.29, 0.717) is 5.56 Å². The van der Waals surface area contributed by atoms with Crippen molar-refractivity contribution in [3.05, 3.63) is 70.3 Å². The fourth-order valence-corrected chi connectivity index (χ4v) is 4.67. The van der Waals surface area contributed by atoms with Gasteiger partial charge in [0.15, 0.2) is 0 Å². The maximum absolute atomic E-state index is 13.8. The van der Waals surface area contributed by atoms with Crippen LogP contribution >= 0.6 is 0 Å². The largest absolute Gasteiger partial charge is 0.390 e. The first-order valence-corrected chi connectivity index (χ1v) is 12.6. The molecular weight excluding hydrogens is 464 g/mol. The zero-order valence-corrected chi connectivity index (χ0v) is 21.3. The van der Waals surface area contributed by atoms with Crippen LogP contribution in [-0.2, 0) is 28.9 Å². The third kappa shape index (κ3) is 7.83. The van der Waals surface area contributed by atoms with Gasteiger partial charge in [-0.1, -0.05) is 25.1 Å². The standard InChI is InChI=1S/C28H37F2N3O3/c1-4-18-8-9-20-6-5-7-24(23(20)14-18)31-17-26(34)25(15-19-12-21(29)16-22(30)13-19)32-27(35)10-11-28(36)33(2)3/h8-9,12-14,16,24-26,31,34H,4-7,10-11,15,17H2,1-3H3,(H,32,35)/t24?,25-,26+/m0/s1. The van der Waals surface area contributed by atoms with Crippen LogP contribution in [0.4, 0.5) is 8.78 Å². The summed E-state index contributed by atoms with van der Waals surface area (Å²) in [5, 5.41) is 17.3. The van der Waals surface area contributed by atoms with Crippen LogP contribution in [0.5, 0.6) is 0 Å². The number of nitrogens with one attached hydrogen (secondary N) is 2. The number of carbonyl (C=O) groups excluding carboxylic acids is 2. The summed E-state index contributed by atoms with van der Waals surface area (Å²) < 4.78 is 27.6. The van der Waals surface area contributed by atoms with Crippen LogP contribution < -0.4 is 10.6 Å². The Morgan fingerprint density at radius 3 is 2.47 bits per heavy atom. The Balaban J connectivity index is 1.70. The van der Waals surface area contributed by atoms with Gasteiger partial charge in [-0.15, -0.1) is 0 Å². The molecular formula is C28H37F2N3O3. The number of aryl methyl sites for hydroxylation is 2. The van der Waals surface area contributed by atoms with E-state index >= 15 is 0 Å². The lowest BCUT2D eigenvalue weighted by atomic mass is 9.86. The number of fused-ring (bicyclic) bond motifs is 1. The van der Waals surface area contributed by atoms with Crippen molar-refractivity contribution in [2.45, 2.75) is 70.1 Å². The van der Waals surface area contributed by atoms with Gasteiger partial charge < -0.3 is 20.6 Å². The third-order valence-electron chi connectivity index (χ3n) is 6.76. The van der Waals surface area contributed by atoms with Gasteiger partial charge >= 0.3 is 0 Å². The maximum atomic E-state index is 13.8. The molecule has 196 valence electrons. The fourth-order valence-electron chi connectivity index (χ4n) is 4.67. The van der Waals surface area contributed by atoms with Crippen molar-refractivity contribution < 1.29 is 23.5 Å². The number of hydrogen-bond acceptors (Lipinski definition) is 4. The molecule has 0 radical (unpaired) electrons. The Morgan fingerprint density at radius 1 is 1.08 bits per heavy atom. The van der Waals surface area contributed by atoms with E-state index in [1.54, 1.807) is 14.1 Å². The quantitative estimate of drug-likeness (QED) is 0.441. The molecule has 2 aromatic carbocycles. The number of rotatable bonds is 11. The predicted octanol–water partition coefficient (Wildman–Crippen LogP) is 3.45. The molecule has 3 rings (SSSR count). The summed E-state index contributed by atoms with van der Waals surface area (Å²) in [4.78, 5) is 25.9. The second kappa shape index (κ2) is 12.9. The molecule has 0 aromatic heterocycles. The van der Waals surface area contributed by atoms with Crippen LogP contribution in [-0.4, -0.2) is 54.6 Å². The Bertz CT molecular complexity index is 1040. The molecule has 0 fully saturated rings. The molecule has 3 N–H and O–H groups in total. The topological polar surface area (TPSA) is 81.7 Å². The highest BCUT2D eigenvalue weighted by molar-refractivity contribution is 5.83. The highest BCUT2D eigenvalue weighted by Gasteiger charge is 2.26. The molecule has 3 atom stereocenters. The van der Waals surface area contributed by atoms with E-state index in [0.717, 1.165) is 31.7 Å². The highest BCUT2D eigenvalue weighted by atomic mass is 19.1. The van der Waals surface area contributed by atoms with Crippen molar-refractivity contribution in [3.8, 4) is 0 Å². The van der Waals surface area contributed by atoms with E-state index < -0.39 is 29.7 Å². The van der Waals surface area contributed by atoms with Crippen LogP contribution in [0.3, 0.4) is 0 Å². The smallest absolute Gasteiger partial charge is 0.222 e. The van der Waals surface area contributed by atoms with Gasteiger partial charge in [0.05, 0.1) is 12.1 Å². The number of benzene rings is 2. The molecule has 0 saturated heterocycles. The minimum absolute atomic E-state index is 0.0348. The summed E-state index contributed by atoms with van der Waals surface area (Å²) in [6, 6.07) is 9.02. The molecule has 8 heteroatoms. The average molecular weight is 502 g/mol. The maximum Gasteiger partial charge on any atom is 0.222 e. The molecule has 1 unspecified atom stereocenters. The lowest BCUT2D eigenvalue weighted by molar-refractivity contribution is -0.131. The van der Waals surface area contributed by atoms with Gasteiger partial charge in [-0.05, 0) is 66.5 Å². The normalized spacial score (nSPS) is 16.7. The molecule has 2 aromatic rings. The molecule has 1 aliphatic rings. The van der Waals surface area contributed by atoms with Crippen molar-refractivity contribution in [2.24, 2.45) is 0 Å². The summed E-state index contributed by atoms with van der Waals surface area (Å²) in [6.07, 6.45) is 2.97. The summed E-state index contributed by atoms with van der Waals surface area (Å²) >= 11 is 0. The van der Waals surface area contributed by atoms with E-state index in [-0.39, 0.29) is 37.8 Å². The summed E-state index contributed by atoms with van der Waals surface area (Å²) in [5.41, 5.74) is 4.13. The zero-order valence-electron chi connectivity index (χ0n) is 21.3. The second-order valence-electron chi connectivity index (χ2n) is 9.75. The molecule has 0 bridgehead atoms. The molecule has 6 nitrogen and oxygen atoms in total. The van der Waals surface area contributed by atoms with Gasteiger partial charge in [-0.2, -0.15) is 0 Å². The molecule has 36 heavy (non-hydrogen) atoms. The number of halogens is 2. The minimum atomic E-state index is -1.01. The average Bonchev–Trinajstić information content (AvgIpc) is 2.84. The van der Waals surface area contributed by atoms with Crippen LogP contribution in [0.25, 0.3) is 0 Å². The number of aliphatic hydroxyl groups excluding tert-OH is 1. The van der Waals surface area contributed by atoms with E-state index in [9.17, 15) is 23.5 Å². The molecule has 1 aliphatic carbocycles. The predicted molar refractivity (Wildman–Crippen MR) is 135 cm³/mol. The third-order valence-corrected chi connectivity index (χ3v) is 6.76. The lowest BCUT2D eigenvalue weighted by Gasteiger charge is -2.30. The minimum Gasteiger partial charge on any atom is -0.390 e. The molecule has 0 aliphatic heterocycles. The van der Waals surface area contributed by atoms with E-state index in [4.69, 9.17) is 0 Å². The monoisotopic (exact) mass is 501 g/mol. The van der Waals surface area contributed by atoms with Crippen LogP contribution in [0.2, 0.25) is 0 Å². The van der Waals surface area contributed by atoms with E-state index in [2.05, 4.69) is 35.8 Å². The van der Waals surface area contributed by atoms with Crippen LogP contribution in [0.1, 0.15) is 60.9 Å². The lowest BCUT2D eigenvalue weighted by Crippen LogP contribution is -2.49. The Labute approximate surface area is 212 Å². The van der Waals surface area contributed by atoms with Crippen molar-refractivity contribution in [1.29, 1.82) is 0 Å². The van der Waals surface area contributed by atoms with Crippen LogP contribution in [0, 0.1) is 11.6 Å². The van der Waals surface area contributed by atoms with Crippen molar-refractivity contribution >= 4 is 11.8 Å². The zero-order chi connectivity index (χ0) is 26.2. The van der Waals surface area contributed by atoms with Crippen molar-refractivity contribution in [1.82, 2.24) is 15.5 Å². The Hall–Kier alpha value is -2.84. The Kier molecular flexibility index (Phi) is 9.96. The molecule has 0 spiro atoms. The van der Waals surface area contributed by atoms with Gasteiger partial charge in [0, 0.05) is 45.6 Å². The summed E-state index contributed by atoms with van der Waals surface area (Å²) in [5.74, 6) is -2.02. The first kappa shape index (κ1) is 27.7. The fraction of sp³-hybridized carbons (Fsp3) is 0.500. The van der Waals surface area contributed by atoms with Gasteiger partial charge in [0.2, 0.25) is 11.8 Å². The second-order valence-corrected chi connectivity index (χ2v) is 9.75. The van der Waals surface area contributed by atoms with Gasteiger partial charge in [-0.3, -0.25) is 9.59 Å². The van der Waals surface area contributed by atoms with Crippen molar-refractivity contribution in [2.75, 3.05) is 20.6 Å². The number of amides is 2. The summed E-state index contributed by atoms with van der Waals surface area (Å²) in [6.45, 7) is 2.31. The first-order valence-electron chi connectivity index (χ1n) is 12.6.